The van der Waals surface area contributed by atoms with E-state index in [-0.39, 0.29) is 24.2 Å². The summed E-state index contributed by atoms with van der Waals surface area (Å²) in [4.78, 5) is 12.4. The molecule has 1 amide bonds. The van der Waals surface area contributed by atoms with Gasteiger partial charge in [0.25, 0.3) is 5.91 Å². The van der Waals surface area contributed by atoms with Crippen molar-refractivity contribution < 1.29 is 13.2 Å². The molecule has 0 fully saturated rings. The Kier molecular flexibility index (Phi) is 6.56. The van der Waals surface area contributed by atoms with Crippen molar-refractivity contribution in [3.63, 3.8) is 0 Å². The first kappa shape index (κ1) is 20.1. The lowest BCUT2D eigenvalue weighted by Gasteiger charge is -2.13. The summed E-state index contributed by atoms with van der Waals surface area (Å²) in [6, 6.07) is 12.7. The molecule has 140 valence electrons. The fourth-order valence-corrected chi connectivity index (χ4v) is 4.13. The van der Waals surface area contributed by atoms with E-state index < -0.39 is 10.0 Å². The predicted molar refractivity (Wildman–Crippen MR) is 104 cm³/mol. The zero-order valence-electron chi connectivity index (χ0n) is 15.7. The van der Waals surface area contributed by atoms with Crippen LogP contribution in [0.5, 0.6) is 0 Å². The van der Waals surface area contributed by atoms with Gasteiger partial charge in [-0.25, -0.2) is 13.1 Å². The average molecular weight is 375 g/mol. The van der Waals surface area contributed by atoms with Gasteiger partial charge in [0.2, 0.25) is 10.0 Å². The van der Waals surface area contributed by atoms with Gasteiger partial charge in [-0.1, -0.05) is 30.3 Å². The van der Waals surface area contributed by atoms with Crippen molar-refractivity contribution in [2.24, 2.45) is 0 Å². The molecule has 0 saturated carbocycles. The molecule has 2 rings (SSSR count). The SMILES string of the molecule is Cc1ccc(C(=O)NCc2ccccc2CS(=O)(=O)NC(C)C)cc1C. The highest BCUT2D eigenvalue weighted by molar-refractivity contribution is 7.88. The van der Waals surface area contributed by atoms with E-state index >= 15 is 0 Å². The lowest BCUT2D eigenvalue weighted by molar-refractivity contribution is 0.0951. The molecule has 0 aliphatic rings. The summed E-state index contributed by atoms with van der Waals surface area (Å²) < 4.78 is 27.0. The van der Waals surface area contributed by atoms with Gasteiger partial charge in [0, 0.05) is 18.2 Å². The molecule has 0 aromatic heterocycles. The van der Waals surface area contributed by atoms with Crippen LogP contribution in [0, 0.1) is 13.8 Å². The van der Waals surface area contributed by atoms with Crippen molar-refractivity contribution in [1.29, 1.82) is 0 Å². The van der Waals surface area contributed by atoms with E-state index in [0.29, 0.717) is 11.1 Å². The second kappa shape index (κ2) is 8.47. The van der Waals surface area contributed by atoms with Crippen LogP contribution >= 0.6 is 0 Å². The maximum atomic E-state index is 12.4. The Hall–Kier alpha value is -2.18. The molecule has 2 N–H and O–H groups in total. The minimum atomic E-state index is -3.42. The Morgan fingerprint density at radius 1 is 1.00 bits per heavy atom. The maximum absolute atomic E-state index is 12.4. The normalized spacial score (nSPS) is 11.6. The van der Waals surface area contributed by atoms with E-state index in [4.69, 9.17) is 0 Å². The third-order valence-electron chi connectivity index (χ3n) is 4.09. The van der Waals surface area contributed by atoms with Crippen molar-refractivity contribution in [2.75, 3.05) is 0 Å². The molecule has 0 radical (unpaired) electrons. The third kappa shape index (κ3) is 5.68. The zero-order valence-corrected chi connectivity index (χ0v) is 16.5. The summed E-state index contributed by atoms with van der Waals surface area (Å²) in [7, 11) is -3.42. The van der Waals surface area contributed by atoms with E-state index in [2.05, 4.69) is 10.0 Å². The highest BCUT2D eigenvalue weighted by Crippen LogP contribution is 2.14. The number of aryl methyl sites for hydroxylation is 2. The number of carbonyl (C=O) groups excluding carboxylic acids is 1. The molecule has 0 aliphatic carbocycles. The number of hydrogen-bond donors (Lipinski definition) is 2. The molecular weight excluding hydrogens is 348 g/mol. The van der Waals surface area contributed by atoms with Crippen molar-refractivity contribution in [1.82, 2.24) is 10.0 Å². The highest BCUT2D eigenvalue weighted by atomic mass is 32.2. The Labute approximate surface area is 155 Å². The summed E-state index contributed by atoms with van der Waals surface area (Å²) in [5.41, 5.74) is 4.26. The van der Waals surface area contributed by atoms with E-state index in [9.17, 15) is 13.2 Å². The molecule has 2 aromatic rings. The van der Waals surface area contributed by atoms with Crippen molar-refractivity contribution >= 4 is 15.9 Å². The number of carbonyl (C=O) groups is 1. The first-order chi connectivity index (χ1) is 12.2. The Balaban J connectivity index is 2.10. The molecule has 0 unspecified atom stereocenters. The fourth-order valence-electron chi connectivity index (χ4n) is 2.64. The van der Waals surface area contributed by atoms with E-state index in [0.717, 1.165) is 16.7 Å². The average Bonchev–Trinajstić information content (AvgIpc) is 2.54. The van der Waals surface area contributed by atoms with Crippen LogP contribution in [0.15, 0.2) is 42.5 Å². The Morgan fingerprint density at radius 3 is 2.27 bits per heavy atom. The van der Waals surface area contributed by atoms with Gasteiger partial charge in [0.05, 0.1) is 5.75 Å². The van der Waals surface area contributed by atoms with Gasteiger partial charge in [0.15, 0.2) is 0 Å². The standard InChI is InChI=1S/C20H26N2O3S/c1-14(2)22-26(24,25)13-19-8-6-5-7-18(19)12-21-20(23)17-10-9-15(3)16(4)11-17/h5-11,14,22H,12-13H2,1-4H3,(H,21,23). The molecular formula is C20H26N2O3S. The van der Waals surface area contributed by atoms with Gasteiger partial charge in [-0.2, -0.15) is 0 Å². The van der Waals surface area contributed by atoms with Crippen LogP contribution in [0.2, 0.25) is 0 Å². The molecule has 0 aliphatic heterocycles. The molecule has 5 nitrogen and oxygen atoms in total. The quantitative estimate of drug-likeness (QED) is 0.782. The Morgan fingerprint density at radius 2 is 1.65 bits per heavy atom. The third-order valence-corrected chi connectivity index (χ3v) is 5.61. The molecule has 0 saturated heterocycles. The first-order valence-corrected chi connectivity index (χ1v) is 10.3. The zero-order chi connectivity index (χ0) is 19.3. The summed E-state index contributed by atoms with van der Waals surface area (Å²) >= 11 is 0. The lowest BCUT2D eigenvalue weighted by Crippen LogP contribution is -2.32. The topological polar surface area (TPSA) is 75.3 Å². The summed E-state index contributed by atoms with van der Waals surface area (Å²) in [5.74, 6) is -0.285. The van der Waals surface area contributed by atoms with Crippen LogP contribution in [0.1, 0.15) is 46.5 Å². The van der Waals surface area contributed by atoms with E-state index in [1.165, 1.54) is 0 Å². The lowest BCUT2D eigenvalue weighted by atomic mass is 10.1. The number of nitrogens with one attached hydrogen (secondary N) is 2. The minimum Gasteiger partial charge on any atom is -0.348 e. The second-order valence-corrected chi connectivity index (χ2v) is 8.54. The predicted octanol–water partition coefficient (Wildman–Crippen LogP) is 3.06. The van der Waals surface area contributed by atoms with Gasteiger partial charge in [-0.05, 0) is 62.1 Å². The van der Waals surface area contributed by atoms with Crippen LogP contribution < -0.4 is 10.0 Å². The van der Waals surface area contributed by atoms with Gasteiger partial charge < -0.3 is 5.32 Å². The number of sulfonamides is 1. The summed E-state index contributed by atoms with van der Waals surface area (Å²) in [5, 5.41) is 2.87. The molecule has 26 heavy (non-hydrogen) atoms. The molecule has 0 bridgehead atoms. The molecule has 6 heteroatoms. The van der Waals surface area contributed by atoms with Crippen molar-refractivity contribution in [3.8, 4) is 0 Å². The van der Waals surface area contributed by atoms with Crippen LogP contribution in [0.3, 0.4) is 0 Å². The first-order valence-electron chi connectivity index (χ1n) is 8.60. The Bertz CT molecular complexity index is 890. The van der Waals surface area contributed by atoms with E-state index in [1.54, 1.807) is 32.0 Å². The van der Waals surface area contributed by atoms with Crippen LogP contribution in [-0.4, -0.2) is 20.4 Å². The smallest absolute Gasteiger partial charge is 0.251 e. The molecule has 0 heterocycles. The number of benzene rings is 2. The van der Waals surface area contributed by atoms with Gasteiger partial charge in [-0.15, -0.1) is 0 Å². The van der Waals surface area contributed by atoms with Gasteiger partial charge >= 0.3 is 0 Å². The number of rotatable bonds is 7. The highest BCUT2D eigenvalue weighted by Gasteiger charge is 2.16. The van der Waals surface area contributed by atoms with E-state index in [1.807, 2.05) is 38.1 Å². The van der Waals surface area contributed by atoms with Crippen LogP contribution in [0.4, 0.5) is 0 Å². The fraction of sp³-hybridized carbons (Fsp3) is 0.350. The van der Waals surface area contributed by atoms with Crippen LogP contribution in [0.25, 0.3) is 0 Å². The summed E-state index contributed by atoms with van der Waals surface area (Å²) in [6.07, 6.45) is 0. The molecule has 0 atom stereocenters. The van der Waals surface area contributed by atoms with Crippen molar-refractivity contribution in [3.05, 3.63) is 70.3 Å². The second-order valence-electron chi connectivity index (χ2n) is 6.78. The number of amides is 1. The van der Waals surface area contributed by atoms with Crippen LogP contribution in [-0.2, 0) is 22.3 Å². The number of hydrogen-bond acceptors (Lipinski definition) is 3. The molecule has 0 spiro atoms. The maximum Gasteiger partial charge on any atom is 0.251 e. The molecule has 2 aromatic carbocycles. The summed E-state index contributed by atoms with van der Waals surface area (Å²) in [6.45, 7) is 7.81. The minimum absolute atomic E-state index is 0.110. The van der Waals surface area contributed by atoms with Crippen molar-refractivity contribution in [2.45, 2.75) is 46.0 Å². The van der Waals surface area contributed by atoms with Gasteiger partial charge in [0.1, 0.15) is 0 Å². The monoisotopic (exact) mass is 374 g/mol. The largest absolute Gasteiger partial charge is 0.348 e. The van der Waals surface area contributed by atoms with Gasteiger partial charge in [-0.3, -0.25) is 4.79 Å².